The third-order valence-corrected chi connectivity index (χ3v) is 9.95. The molecule has 0 fully saturated rings. The average Bonchev–Trinajstić information content (AvgIpc) is 3.50. The van der Waals surface area contributed by atoms with Gasteiger partial charge in [0.05, 0.1) is 22.6 Å². The monoisotopic (exact) mass is 636 g/mol. The molecule has 4 heterocycles. The molecule has 0 saturated heterocycles. The highest BCUT2D eigenvalue weighted by molar-refractivity contribution is 6.15. The molecule has 0 spiro atoms. The van der Waals surface area contributed by atoms with Crippen LogP contribution in [0.3, 0.4) is 0 Å². The van der Waals surface area contributed by atoms with Crippen LogP contribution < -0.4 is 4.90 Å². The number of alkyl halides is 1. The van der Waals surface area contributed by atoms with Crippen molar-refractivity contribution in [1.29, 1.82) is 0 Å². The molecule has 0 N–H and O–H groups in total. The molecule has 1 aliphatic rings. The van der Waals surface area contributed by atoms with E-state index in [9.17, 15) is 0 Å². The summed E-state index contributed by atoms with van der Waals surface area (Å²) in [4.78, 5) is 11.8. The lowest BCUT2D eigenvalue weighted by Gasteiger charge is -2.42. The summed E-state index contributed by atoms with van der Waals surface area (Å²) in [6.45, 7) is 4.61. The first-order valence-corrected chi connectivity index (χ1v) is 16.6. The smallest absolute Gasteiger partial charge is 0.150 e. The number of hydrogen-bond acceptors (Lipinski definition) is 3. The van der Waals surface area contributed by atoms with Crippen molar-refractivity contribution < 1.29 is 4.39 Å². The molecule has 0 saturated carbocycles. The molecule has 1 atom stereocenters. The summed E-state index contributed by atoms with van der Waals surface area (Å²) in [5.41, 5.74) is 11.2. The van der Waals surface area contributed by atoms with Crippen LogP contribution in [0, 0.1) is 0 Å². The van der Waals surface area contributed by atoms with Crippen LogP contribution >= 0.6 is 0 Å². The van der Waals surface area contributed by atoms with E-state index in [1.165, 1.54) is 11.1 Å². The van der Waals surface area contributed by atoms with Crippen LogP contribution in [-0.2, 0) is 5.41 Å². The molecule has 0 aliphatic carbocycles. The Bertz CT molecular complexity index is 2500. The van der Waals surface area contributed by atoms with E-state index >= 15 is 4.39 Å². The Morgan fingerprint density at radius 3 is 2.16 bits per heavy atom. The van der Waals surface area contributed by atoms with Gasteiger partial charge in [0.25, 0.3) is 0 Å². The number of para-hydroxylation sites is 2. The van der Waals surface area contributed by atoms with Gasteiger partial charge in [-0.2, -0.15) is 0 Å². The molecule has 5 heteroatoms. The van der Waals surface area contributed by atoms with Crippen molar-refractivity contribution in [2.24, 2.45) is 0 Å². The van der Waals surface area contributed by atoms with Crippen LogP contribution in [0.1, 0.15) is 42.3 Å². The van der Waals surface area contributed by atoms with Crippen LogP contribution in [0.15, 0.2) is 158 Å². The quantitative estimate of drug-likeness (QED) is 0.188. The molecule has 1 unspecified atom stereocenters. The summed E-state index contributed by atoms with van der Waals surface area (Å²) in [6, 6.07) is 49.1. The van der Waals surface area contributed by atoms with Gasteiger partial charge in [0.1, 0.15) is 5.65 Å². The van der Waals surface area contributed by atoms with Crippen LogP contribution in [0.25, 0.3) is 38.9 Å². The Hall–Kier alpha value is -6.07. The van der Waals surface area contributed by atoms with Crippen LogP contribution in [0.5, 0.6) is 0 Å². The highest BCUT2D eigenvalue weighted by atomic mass is 19.1. The second-order valence-electron chi connectivity index (χ2n) is 13.2. The minimum atomic E-state index is -1.33. The van der Waals surface area contributed by atoms with E-state index in [1.54, 1.807) is 6.20 Å². The lowest BCUT2D eigenvalue weighted by atomic mass is 9.73. The minimum Gasteiger partial charge on any atom is -0.308 e. The third-order valence-electron chi connectivity index (χ3n) is 9.95. The molecule has 1 aliphatic heterocycles. The van der Waals surface area contributed by atoms with E-state index in [1.807, 2.05) is 72.9 Å². The van der Waals surface area contributed by atoms with Gasteiger partial charge in [0, 0.05) is 45.5 Å². The molecule has 0 bridgehead atoms. The van der Waals surface area contributed by atoms with Gasteiger partial charge in [0.15, 0.2) is 6.17 Å². The van der Waals surface area contributed by atoms with Crippen molar-refractivity contribution in [3.63, 3.8) is 0 Å². The first-order valence-electron chi connectivity index (χ1n) is 16.6. The highest BCUT2D eigenvalue weighted by Gasteiger charge is 2.39. The number of benzene rings is 5. The van der Waals surface area contributed by atoms with Gasteiger partial charge in [0.2, 0.25) is 0 Å². The Morgan fingerprint density at radius 2 is 1.33 bits per heavy atom. The molecule has 5 aromatic carbocycles. The molecule has 3 aromatic heterocycles. The first-order chi connectivity index (χ1) is 24.0. The zero-order chi connectivity index (χ0) is 33.1. The topological polar surface area (TPSA) is 34.0 Å². The molecule has 8 aromatic rings. The summed E-state index contributed by atoms with van der Waals surface area (Å²) in [5, 5.41) is 2.15. The summed E-state index contributed by atoms with van der Waals surface area (Å²) < 4.78 is 18.8. The molecular formula is C44H33FN4. The first kappa shape index (κ1) is 29.1. The van der Waals surface area contributed by atoms with E-state index in [-0.39, 0.29) is 5.41 Å². The number of nitrogens with zero attached hydrogens (tertiary/aromatic N) is 4. The Morgan fingerprint density at radius 1 is 0.592 bits per heavy atom. The summed E-state index contributed by atoms with van der Waals surface area (Å²) in [5.74, 6) is 0. The van der Waals surface area contributed by atoms with E-state index in [4.69, 9.17) is 4.98 Å². The lowest BCUT2D eigenvalue weighted by molar-refractivity contribution is 0.402. The van der Waals surface area contributed by atoms with Gasteiger partial charge in [-0.05, 0) is 82.9 Å². The molecule has 0 radical (unpaired) electrons. The van der Waals surface area contributed by atoms with Crippen molar-refractivity contribution in [1.82, 2.24) is 14.5 Å². The Balaban J connectivity index is 1.29. The lowest BCUT2D eigenvalue weighted by Crippen LogP contribution is -2.31. The second kappa shape index (κ2) is 11.3. The Kier molecular flexibility index (Phi) is 6.70. The summed E-state index contributed by atoms with van der Waals surface area (Å²) >= 11 is 0. The molecular weight excluding hydrogens is 604 g/mol. The van der Waals surface area contributed by atoms with E-state index in [0.29, 0.717) is 11.1 Å². The zero-order valence-electron chi connectivity index (χ0n) is 27.3. The zero-order valence-corrected chi connectivity index (χ0v) is 27.3. The number of rotatable bonds is 5. The van der Waals surface area contributed by atoms with Gasteiger partial charge in [-0.25, -0.2) is 9.37 Å². The highest BCUT2D eigenvalue weighted by Crippen LogP contribution is 2.55. The van der Waals surface area contributed by atoms with E-state index in [2.05, 4.69) is 107 Å². The van der Waals surface area contributed by atoms with Gasteiger partial charge < -0.3 is 4.90 Å². The largest absolute Gasteiger partial charge is 0.308 e. The minimum absolute atomic E-state index is 0.273. The maximum absolute atomic E-state index is 16.6. The summed E-state index contributed by atoms with van der Waals surface area (Å²) in [7, 11) is 0. The van der Waals surface area contributed by atoms with Gasteiger partial charge >= 0.3 is 0 Å². The van der Waals surface area contributed by atoms with E-state index < -0.39 is 6.17 Å². The maximum atomic E-state index is 16.6. The number of pyridine rings is 2. The standard InChI is InChI=1S/C44H33FN4/c1-44(2)36-20-6-7-22-39(36)48(32-16-4-3-5-17-32)42-37(44)24-23-34-35-19-12-26-47-43(35)49(41(34)42)33-18-11-15-31(28-33)40(45)30-14-10-13-29(27-30)38-21-8-9-25-46-38/h3-28,40H,1-2H3. The van der Waals surface area contributed by atoms with Crippen LogP contribution in [-0.4, -0.2) is 14.5 Å². The predicted octanol–water partition coefficient (Wildman–Crippen LogP) is 11.4. The number of anilines is 3. The fourth-order valence-corrected chi connectivity index (χ4v) is 7.61. The van der Waals surface area contributed by atoms with E-state index in [0.717, 1.165) is 55.9 Å². The Labute approximate surface area is 284 Å². The number of hydrogen-bond donors (Lipinski definition) is 0. The van der Waals surface area contributed by atoms with Crippen molar-refractivity contribution in [2.75, 3.05) is 4.90 Å². The van der Waals surface area contributed by atoms with Gasteiger partial charge in [-0.15, -0.1) is 0 Å². The molecule has 236 valence electrons. The fraction of sp³-hybridized carbons (Fsp3) is 0.0909. The normalized spacial score (nSPS) is 14.1. The molecule has 4 nitrogen and oxygen atoms in total. The van der Waals surface area contributed by atoms with Crippen molar-refractivity contribution in [3.05, 3.63) is 180 Å². The van der Waals surface area contributed by atoms with Crippen LogP contribution in [0.4, 0.5) is 21.5 Å². The number of aromatic nitrogens is 3. The molecule has 49 heavy (non-hydrogen) atoms. The SMILES string of the molecule is CC1(C)c2ccccc2N(c2ccccc2)c2c1ccc1c3cccnc3n(-c3cccc(C(F)c4cccc(-c5ccccn5)c4)c3)c21. The van der Waals surface area contributed by atoms with Crippen molar-refractivity contribution in [2.45, 2.75) is 25.4 Å². The predicted molar refractivity (Wildman–Crippen MR) is 198 cm³/mol. The number of fused-ring (bicyclic) bond motifs is 6. The van der Waals surface area contributed by atoms with Gasteiger partial charge in [-0.3, -0.25) is 9.55 Å². The van der Waals surface area contributed by atoms with Crippen molar-refractivity contribution in [3.8, 4) is 16.9 Å². The molecule has 9 rings (SSSR count). The maximum Gasteiger partial charge on any atom is 0.150 e. The van der Waals surface area contributed by atoms with Crippen molar-refractivity contribution >= 4 is 39.0 Å². The van der Waals surface area contributed by atoms with Crippen LogP contribution in [0.2, 0.25) is 0 Å². The van der Waals surface area contributed by atoms with Gasteiger partial charge in [-0.1, -0.05) is 98.8 Å². The average molecular weight is 637 g/mol. The number of halogens is 1. The fourth-order valence-electron chi connectivity index (χ4n) is 7.61. The third kappa shape index (κ3) is 4.57. The summed E-state index contributed by atoms with van der Waals surface area (Å²) in [6.07, 6.45) is 2.27. The second-order valence-corrected chi connectivity index (χ2v) is 13.2. The molecule has 0 amide bonds.